The topological polar surface area (TPSA) is 17.8 Å². The Balaban J connectivity index is 1.81. The Morgan fingerprint density at radius 1 is 1.05 bits per heavy atom. The quantitative estimate of drug-likeness (QED) is 0.664. The van der Waals surface area contributed by atoms with Gasteiger partial charge in [0, 0.05) is 35.9 Å². The van der Waals surface area contributed by atoms with Crippen molar-refractivity contribution in [3.8, 4) is 0 Å². The number of nitrogens with zero attached hydrogens (tertiary/aromatic N) is 2. The Hall–Kier alpha value is -2.01. The molecule has 0 amide bonds. The summed E-state index contributed by atoms with van der Waals surface area (Å²) in [6.45, 7) is 0.658. The molecule has 0 saturated heterocycles. The molecule has 2 nitrogen and oxygen atoms in total. The van der Waals surface area contributed by atoms with Crippen LogP contribution >= 0.6 is 15.9 Å². The average molecular weight is 363 g/mol. The third-order valence-electron chi connectivity index (χ3n) is 3.43. The van der Waals surface area contributed by atoms with Crippen molar-refractivity contribution in [1.29, 1.82) is 0 Å². The first-order chi connectivity index (χ1) is 10.6. The minimum atomic E-state index is -0.570. The number of imidazole rings is 1. The van der Waals surface area contributed by atoms with E-state index < -0.39 is 11.6 Å². The van der Waals surface area contributed by atoms with Gasteiger partial charge >= 0.3 is 0 Å². The van der Waals surface area contributed by atoms with Crippen LogP contribution in [-0.4, -0.2) is 9.55 Å². The zero-order chi connectivity index (χ0) is 15.5. The van der Waals surface area contributed by atoms with Crippen molar-refractivity contribution in [2.24, 2.45) is 0 Å². The summed E-state index contributed by atoms with van der Waals surface area (Å²) in [5.41, 5.74) is 1.56. The van der Waals surface area contributed by atoms with E-state index in [1.54, 1.807) is 6.20 Å². The van der Waals surface area contributed by atoms with Gasteiger partial charge in [0.05, 0.1) is 0 Å². The van der Waals surface area contributed by atoms with Crippen molar-refractivity contribution < 1.29 is 8.78 Å². The van der Waals surface area contributed by atoms with Crippen molar-refractivity contribution in [1.82, 2.24) is 9.55 Å². The molecule has 0 aliphatic carbocycles. The van der Waals surface area contributed by atoms with Crippen LogP contribution in [0.15, 0.2) is 59.3 Å². The molecule has 112 valence electrons. The highest BCUT2D eigenvalue weighted by molar-refractivity contribution is 9.10. The SMILES string of the molecule is Fc1ccc(Cc2nccn2Cc2ccc(Br)cc2)c(F)c1. The summed E-state index contributed by atoms with van der Waals surface area (Å²) in [5.74, 6) is -0.369. The molecule has 0 atom stereocenters. The van der Waals surface area contributed by atoms with Crippen LogP contribution in [0.25, 0.3) is 0 Å². The van der Waals surface area contributed by atoms with E-state index in [0.717, 1.165) is 21.9 Å². The molecule has 2 aromatic carbocycles. The van der Waals surface area contributed by atoms with Crippen LogP contribution < -0.4 is 0 Å². The number of rotatable bonds is 4. The van der Waals surface area contributed by atoms with Crippen molar-refractivity contribution in [2.75, 3.05) is 0 Å². The standard InChI is InChI=1S/C17H13BrF2N2/c18-14-4-1-12(2-5-14)11-22-8-7-21-17(22)9-13-3-6-15(19)10-16(13)20/h1-8,10H,9,11H2. The van der Waals surface area contributed by atoms with E-state index in [1.807, 2.05) is 35.0 Å². The lowest BCUT2D eigenvalue weighted by molar-refractivity contribution is 0.572. The third-order valence-corrected chi connectivity index (χ3v) is 3.96. The van der Waals surface area contributed by atoms with Crippen LogP contribution in [0.1, 0.15) is 17.0 Å². The van der Waals surface area contributed by atoms with Gasteiger partial charge in [-0.2, -0.15) is 0 Å². The molecule has 5 heteroatoms. The molecule has 0 radical (unpaired) electrons. The molecule has 0 unspecified atom stereocenters. The van der Waals surface area contributed by atoms with Crippen molar-refractivity contribution in [3.05, 3.63) is 87.9 Å². The number of benzene rings is 2. The Kier molecular flexibility index (Phi) is 4.34. The van der Waals surface area contributed by atoms with Gasteiger partial charge in [-0.3, -0.25) is 0 Å². The maximum Gasteiger partial charge on any atom is 0.129 e. The summed E-state index contributed by atoms with van der Waals surface area (Å²) in [6.07, 6.45) is 3.88. The summed E-state index contributed by atoms with van der Waals surface area (Å²) in [4.78, 5) is 4.28. The first-order valence-electron chi connectivity index (χ1n) is 6.80. The van der Waals surface area contributed by atoms with Crippen molar-refractivity contribution in [2.45, 2.75) is 13.0 Å². The second-order valence-corrected chi connectivity index (χ2v) is 5.93. The zero-order valence-corrected chi connectivity index (χ0v) is 13.2. The second kappa shape index (κ2) is 6.40. The van der Waals surface area contributed by atoms with Gasteiger partial charge in [-0.15, -0.1) is 0 Å². The molecule has 3 rings (SSSR count). The predicted molar refractivity (Wildman–Crippen MR) is 84.6 cm³/mol. The fourth-order valence-corrected chi connectivity index (χ4v) is 2.54. The highest BCUT2D eigenvalue weighted by Crippen LogP contribution is 2.16. The van der Waals surface area contributed by atoms with E-state index in [9.17, 15) is 8.78 Å². The van der Waals surface area contributed by atoms with Gasteiger partial charge < -0.3 is 4.57 Å². The molecule has 22 heavy (non-hydrogen) atoms. The van der Waals surface area contributed by atoms with Crippen LogP contribution in [0.3, 0.4) is 0 Å². The molecular weight excluding hydrogens is 350 g/mol. The van der Waals surface area contributed by atoms with Gasteiger partial charge in [0.15, 0.2) is 0 Å². The maximum absolute atomic E-state index is 13.8. The molecule has 1 heterocycles. The molecule has 0 aliphatic heterocycles. The zero-order valence-electron chi connectivity index (χ0n) is 11.6. The maximum atomic E-state index is 13.8. The normalized spacial score (nSPS) is 10.9. The van der Waals surface area contributed by atoms with E-state index >= 15 is 0 Å². The number of hydrogen-bond acceptors (Lipinski definition) is 1. The molecule has 0 aliphatic rings. The molecule has 0 bridgehead atoms. The largest absolute Gasteiger partial charge is 0.330 e. The van der Waals surface area contributed by atoms with Crippen molar-refractivity contribution >= 4 is 15.9 Å². The summed E-state index contributed by atoms with van der Waals surface area (Å²) in [5, 5.41) is 0. The first kappa shape index (κ1) is 14.9. The Bertz CT molecular complexity index is 782. The Morgan fingerprint density at radius 3 is 2.55 bits per heavy atom. The Labute approximate surface area is 135 Å². The lowest BCUT2D eigenvalue weighted by Gasteiger charge is -2.09. The lowest BCUT2D eigenvalue weighted by Crippen LogP contribution is -2.06. The van der Waals surface area contributed by atoms with Gasteiger partial charge in [0.2, 0.25) is 0 Å². The summed E-state index contributed by atoms with van der Waals surface area (Å²) < 4.78 is 29.7. The van der Waals surface area contributed by atoms with E-state index in [0.29, 0.717) is 18.5 Å². The molecule has 3 aromatic rings. The van der Waals surface area contributed by atoms with E-state index in [4.69, 9.17) is 0 Å². The van der Waals surface area contributed by atoms with E-state index in [-0.39, 0.29) is 0 Å². The van der Waals surface area contributed by atoms with Crippen LogP contribution in [0, 0.1) is 11.6 Å². The van der Waals surface area contributed by atoms with E-state index in [2.05, 4.69) is 20.9 Å². The molecule has 0 fully saturated rings. The molecule has 0 saturated carbocycles. The van der Waals surface area contributed by atoms with Crippen molar-refractivity contribution in [3.63, 3.8) is 0 Å². The predicted octanol–water partition coefficient (Wildman–Crippen LogP) is 4.56. The highest BCUT2D eigenvalue weighted by atomic mass is 79.9. The summed E-state index contributed by atoms with van der Waals surface area (Å²) >= 11 is 3.40. The second-order valence-electron chi connectivity index (χ2n) is 5.01. The lowest BCUT2D eigenvalue weighted by atomic mass is 10.1. The number of aromatic nitrogens is 2. The first-order valence-corrected chi connectivity index (χ1v) is 7.59. The minimum absolute atomic E-state index is 0.329. The van der Waals surface area contributed by atoms with Gasteiger partial charge in [-0.1, -0.05) is 34.1 Å². The van der Waals surface area contributed by atoms with Gasteiger partial charge in [-0.05, 0) is 29.3 Å². The molecular formula is C17H13BrF2N2. The van der Waals surface area contributed by atoms with Gasteiger partial charge in [-0.25, -0.2) is 13.8 Å². The average Bonchev–Trinajstić information content (AvgIpc) is 2.91. The molecule has 1 aromatic heterocycles. The van der Waals surface area contributed by atoms with Crippen LogP contribution in [0.5, 0.6) is 0 Å². The summed E-state index contributed by atoms with van der Waals surface area (Å²) in [6, 6.07) is 11.6. The Morgan fingerprint density at radius 2 is 1.82 bits per heavy atom. The van der Waals surface area contributed by atoms with E-state index in [1.165, 1.54) is 12.1 Å². The minimum Gasteiger partial charge on any atom is -0.330 e. The fraction of sp³-hybridized carbons (Fsp3) is 0.118. The smallest absolute Gasteiger partial charge is 0.129 e. The monoisotopic (exact) mass is 362 g/mol. The molecule has 0 spiro atoms. The fourth-order valence-electron chi connectivity index (χ4n) is 2.27. The van der Waals surface area contributed by atoms with Crippen LogP contribution in [0.2, 0.25) is 0 Å². The number of hydrogen-bond donors (Lipinski definition) is 0. The van der Waals surface area contributed by atoms with Crippen LogP contribution in [0.4, 0.5) is 8.78 Å². The van der Waals surface area contributed by atoms with Crippen LogP contribution in [-0.2, 0) is 13.0 Å². The number of halogens is 3. The van der Waals surface area contributed by atoms with Gasteiger partial charge in [0.1, 0.15) is 17.5 Å². The van der Waals surface area contributed by atoms with Gasteiger partial charge in [0.25, 0.3) is 0 Å². The summed E-state index contributed by atoms with van der Waals surface area (Å²) in [7, 11) is 0. The molecule has 0 N–H and O–H groups in total. The third kappa shape index (κ3) is 3.42. The highest BCUT2D eigenvalue weighted by Gasteiger charge is 2.09.